The first-order chi connectivity index (χ1) is 10.4. The minimum absolute atomic E-state index is 0.372. The molecule has 0 aromatic carbocycles. The standard InChI is InChI=1S/C21H34O/c1-4-15-6-8-19-18-7-5-14-13-20(2,22)11-9-16(14)17(18)10-12-21(15,19)3/h4,14,16-19,22H,5-13H2,1-3H3/t14-,16+,17-,18-,19+,20-,21-/m1/s1. The fourth-order valence-corrected chi connectivity index (χ4v) is 7.40. The van der Waals surface area contributed by atoms with Gasteiger partial charge in [-0.05, 0) is 107 Å². The summed E-state index contributed by atoms with van der Waals surface area (Å²) in [6, 6.07) is 0. The average molecular weight is 303 g/mol. The van der Waals surface area contributed by atoms with Gasteiger partial charge in [-0.2, -0.15) is 0 Å². The third-order valence-electron chi connectivity index (χ3n) is 8.43. The first-order valence-electron chi connectivity index (χ1n) is 9.83. The Balaban J connectivity index is 1.57. The van der Waals surface area contributed by atoms with Crippen molar-refractivity contribution < 1.29 is 5.11 Å². The molecule has 4 aliphatic carbocycles. The second kappa shape index (κ2) is 5.10. The second-order valence-electron chi connectivity index (χ2n) is 9.48. The summed E-state index contributed by atoms with van der Waals surface area (Å²) >= 11 is 0. The van der Waals surface area contributed by atoms with E-state index in [-0.39, 0.29) is 5.60 Å². The fourth-order valence-electron chi connectivity index (χ4n) is 7.40. The Bertz CT molecular complexity index is 476. The molecule has 0 heterocycles. The van der Waals surface area contributed by atoms with Crippen LogP contribution in [-0.4, -0.2) is 10.7 Å². The molecule has 124 valence electrons. The smallest absolute Gasteiger partial charge is 0.0622 e. The van der Waals surface area contributed by atoms with Crippen LogP contribution < -0.4 is 0 Å². The minimum atomic E-state index is -0.372. The van der Waals surface area contributed by atoms with Crippen molar-refractivity contribution in [3.8, 4) is 0 Å². The lowest BCUT2D eigenvalue weighted by molar-refractivity contribution is -0.0899. The molecular weight excluding hydrogens is 268 g/mol. The normalized spacial score (nSPS) is 56.4. The fraction of sp³-hybridized carbons (Fsp3) is 0.905. The highest BCUT2D eigenvalue weighted by Gasteiger charge is 2.55. The van der Waals surface area contributed by atoms with E-state index >= 15 is 0 Å². The largest absolute Gasteiger partial charge is 0.390 e. The third-order valence-corrected chi connectivity index (χ3v) is 8.43. The lowest BCUT2D eigenvalue weighted by Gasteiger charge is -2.56. The number of aliphatic hydroxyl groups is 1. The van der Waals surface area contributed by atoms with Gasteiger partial charge in [0.25, 0.3) is 0 Å². The van der Waals surface area contributed by atoms with Crippen LogP contribution in [0.25, 0.3) is 0 Å². The molecule has 4 saturated carbocycles. The highest BCUT2D eigenvalue weighted by atomic mass is 16.3. The first kappa shape index (κ1) is 15.2. The van der Waals surface area contributed by atoms with Gasteiger partial charge in [-0.15, -0.1) is 0 Å². The maximum Gasteiger partial charge on any atom is 0.0622 e. The zero-order chi connectivity index (χ0) is 15.5. The molecule has 22 heavy (non-hydrogen) atoms. The van der Waals surface area contributed by atoms with Crippen LogP contribution in [0.4, 0.5) is 0 Å². The average Bonchev–Trinajstić information content (AvgIpc) is 2.82. The SMILES string of the molecule is CC=C1CC[C@H]2[C@@H]3CC[C@@H]4C[C@](C)(O)CC[C@@H]4[C@H]3CC[C@]12C. The molecule has 0 bridgehead atoms. The molecule has 0 unspecified atom stereocenters. The number of hydrogen-bond acceptors (Lipinski definition) is 1. The van der Waals surface area contributed by atoms with Crippen LogP contribution in [0.3, 0.4) is 0 Å². The van der Waals surface area contributed by atoms with Crippen LogP contribution in [0, 0.1) is 35.0 Å². The van der Waals surface area contributed by atoms with Crippen LogP contribution in [-0.2, 0) is 0 Å². The maximum absolute atomic E-state index is 10.5. The van der Waals surface area contributed by atoms with Crippen molar-refractivity contribution in [1.82, 2.24) is 0 Å². The zero-order valence-corrected chi connectivity index (χ0v) is 14.8. The van der Waals surface area contributed by atoms with Crippen molar-refractivity contribution in [2.24, 2.45) is 35.0 Å². The monoisotopic (exact) mass is 302 g/mol. The molecule has 0 aromatic rings. The van der Waals surface area contributed by atoms with E-state index in [2.05, 4.69) is 26.8 Å². The Morgan fingerprint density at radius 1 is 0.955 bits per heavy atom. The van der Waals surface area contributed by atoms with Gasteiger partial charge in [-0.3, -0.25) is 0 Å². The van der Waals surface area contributed by atoms with Crippen LogP contribution >= 0.6 is 0 Å². The third kappa shape index (κ3) is 2.14. The van der Waals surface area contributed by atoms with Crippen molar-refractivity contribution in [2.75, 3.05) is 0 Å². The minimum Gasteiger partial charge on any atom is -0.390 e. The van der Waals surface area contributed by atoms with Gasteiger partial charge in [0.15, 0.2) is 0 Å². The van der Waals surface area contributed by atoms with Crippen molar-refractivity contribution in [2.45, 2.75) is 84.2 Å². The lowest BCUT2D eigenvalue weighted by Crippen LogP contribution is -2.49. The molecule has 0 saturated heterocycles. The quantitative estimate of drug-likeness (QED) is 0.599. The van der Waals surface area contributed by atoms with E-state index in [4.69, 9.17) is 0 Å². The summed E-state index contributed by atoms with van der Waals surface area (Å²) < 4.78 is 0. The summed E-state index contributed by atoms with van der Waals surface area (Å²) in [5.74, 6) is 4.67. The van der Waals surface area contributed by atoms with E-state index < -0.39 is 0 Å². The Morgan fingerprint density at radius 3 is 2.50 bits per heavy atom. The van der Waals surface area contributed by atoms with Crippen LogP contribution in [0.2, 0.25) is 0 Å². The molecule has 0 aliphatic heterocycles. The summed E-state index contributed by atoms with van der Waals surface area (Å²) in [5.41, 5.74) is 1.93. The molecule has 4 aliphatic rings. The van der Waals surface area contributed by atoms with E-state index in [1.807, 2.05) is 0 Å². The van der Waals surface area contributed by atoms with E-state index in [0.717, 1.165) is 42.4 Å². The van der Waals surface area contributed by atoms with Crippen LogP contribution in [0.5, 0.6) is 0 Å². The van der Waals surface area contributed by atoms with Gasteiger partial charge in [0.2, 0.25) is 0 Å². The summed E-state index contributed by atoms with van der Waals surface area (Å²) in [4.78, 5) is 0. The van der Waals surface area contributed by atoms with Gasteiger partial charge in [0.05, 0.1) is 5.60 Å². The first-order valence-corrected chi connectivity index (χ1v) is 9.83. The summed E-state index contributed by atoms with van der Waals surface area (Å²) in [6.45, 7) is 6.91. The number of hydrogen-bond donors (Lipinski definition) is 1. The molecule has 0 aromatic heterocycles. The predicted octanol–water partition coefficient (Wildman–Crippen LogP) is 5.34. The Kier molecular flexibility index (Phi) is 3.53. The number of allylic oxidation sites excluding steroid dienone is 2. The molecule has 1 heteroatoms. The molecule has 4 rings (SSSR count). The Labute approximate surface area is 136 Å². The Hall–Kier alpha value is -0.300. The van der Waals surface area contributed by atoms with Gasteiger partial charge in [-0.25, -0.2) is 0 Å². The molecular formula is C21H34O. The van der Waals surface area contributed by atoms with Crippen molar-refractivity contribution in [3.05, 3.63) is 11.6 Å². The molecule has 0 amide bonds. The highest BCUT2D eigenvalue weighted by molar-refractivity contribution is 5.23. The molecule has 0 spiro atoms. The van der Waals surface area contributed by atoms with Crippen molar-refractivity contribution in [3.63, 3.8) is 0 Å². The predicted molar refractivity (Wildman–Crippen MR) is 91.5 cm³/mol. The number of fused-ring (bicyclic) bond motifs is 5. The second-order valence-corrected chi connectivity index (χ2v) is 9.48. The maximum atomic E-state index is 10.5. The molecule has 0 radical (unpaired) electrons. The van der Waals surface area contributed by atoms with Gasteiger partial charge in [0, 0.05) is 0 Å². The number of rotatable bonds is 0. The topological polar surface area (TPSA) is 20.2 Å². The van der Waals surface area contributed by atoms with Gasteiger partial charge >= 0.3 is 0 Å². The van der Waals surface area contributed by atoms with E-state index in [1.165, 1.54) is 44.9 Å². The van der Waals surface area contributed by atoms with Crippen LogP contribution in [0.15, 0.2) is 11.6 Å². The van der Waals surface area contributed by atoms with Crippen molar-refractivity contribution in [1.29, 1.82) is 0 Å². The lowest BCUT2D eigenvalue weighted by atomic mass is 9.49. The van der Waals surface area contributed by atoms with Gasteiger partial charge in [-0.1, -0.05) is 18.6 Å². The van der Waals surface area contributed by atoms with Gasteiger partial charge in [0.1, 0.15) is 0 Å². The highest BCUT2D eigenvalue weighted by Crippen LogP contribution is 2.64. The molecule has 7 atom stereocenters. The van der Waals surface area contributed by atoms with E-state index in [0.29, 0.717) is 5.41 Å². The van der Waals surface area contributed by atoms with Crippen LogP contribution in [0.1, 0.15) is 78.6 Å². The Morgan fingerprint density at radius 2 is 1.73 bits per heavy atom. The molecule has 4 fully saturated rings. The van der Waals surface area contributed by atoms with E-state index in [1.54, 1.807) is 5.57 Å². The molecule has 1 N–H and O–H groups in total. The van der Waals surface area contributed by atoms with Gasteiger partial charge < -0.3 is 5.11 Å². The summed E-state index contributed by atoms with van der Waals surface area (Å²) in [7, 11) is 0. The molecule has 1 nitrogen and oxygen atoms in total. The summed E-state index contributed by atoms with van der Waals surface area (Å²) in [5, 5.41) is 10.5. The van der Waals surface area contributed by atoms with E-state index in [9.17, 15) is 5.11 Å². The summed E-state index contributed by atoms with van der Waals surface area (Å²) in [6.07, 6.45) is 14.4. The zero-order valence-electron chi connectivity index (χ0n) is 14.8. The van der Waals surface area contributed by atoms with Crippen molar-refractivity contribution >= 4 is 0 Å².